The van der Waals surface area contributed by atoms with Crippen molar-refractivity contribution >= 4 is 21.5 Å². The Morgan fingerprint density at radius 2 is 0.920 bits per heavy atom. The van der Waals surface area contributed by atoms with Gasteiger partial charge in [-0.2, -0.15) is 0 Å². The quantitative estimate of drug-likeness (QED) is 0.179. The molecule has 0 saturated carbocycles. The van der Waals surface area contributed by atoms with E-state index in [1.54, 1.807) is 6.07 Å². The van der Waals surface area contributed by atoms with Crippen LogP contribution in [0.15, 0.2) is 188 Å². The van der Waals surface area contributed by atoms with E-state index in [9.17, 15) is 4.11 Å². The second-order valence-electron chi connectivity index (χ2n) is 11.3. The molecule has 0 saturated heterocycles. The third-order valence-electron chi connectivity index (χ3n) is 8.12. The third kappa shape index (κ3) is 5.72. The fourth-order valence-corrected chi connectivity index (χ4v) is 5.71. The van der Waals surface area contributed by atoms with E-state index in [1.807, 2.05) is 91.0 Å². The molecular formula is C47H31N3. The van der Waals surface area contributed by atoms with Crippen LogP contribution in [0, 0.1) is 0 Å². The average molecular weight is 653 g/mol. The normalized spacial score (nSPS) is 15.4. The molecule has 0 aliphatic carbocycles. The van der Waals surface area contributed by atoms with Crippen molar-refractivity contribution in [2.24, 2.45) is 0 Å². The van der Waals surface area contributed by atoms with Gasteiger partial charge in [-0.3, -0.25) is 0 Å². The van der Waals surface area contributed by atoms with Crippen molar-refractivity contribution < 1.29 is 20.6 Å². The highest BCUT2D eigenvalue weighted by Gasteiger charge is 2.15. The molecule has 3 heteroatoms. The lowest BCUT2D eigenvalue weighted by atomic mass is 9.97. The van der Waals surface area contributed by atoms with Crippen molar-refractivity contribution in [3.8, 4) is 67.5 Å². The van der Waals surface area contributed by atoms with E-state index in [0.717, 1.165) is 21.9 Å². The maximum Gasteiger partial charge on any atom is 0.164 e. The number of rotatable bonds is 6. The minimum absolute atomic E-state index is 0.152. The van der Waals surface area contributed by atoms with Gasteiger partial charge in [0, 0.05) is 16.7 Å². The van der Waals surface area contributed by atoms with E-state index in [-0.39, 0.29) is 23.0 Å². The number of nitrogens with zero attached hydrogens (tertiary/aromatic N) is 3. The Morgan fingerprint density at radius 3 is 1.74 bits per heavy atom. The molecule has 0 spiro atoms. The Bertz CT molecular complexity index is 3470. The summed E-state index contributed by atoms with van der Waals surface area (Å²) in [7, 11) is 0. The molecule has 0 aliphatic heterocycles. The van der Waals surface area contributed by atoms with E-state index in [4.69, 9.17) is 31.4 Å². The van der Waals surface area contributed by atoms with E-state index in [2.05, 4.69) is 0 Å². The molecule has 50 heavy (non-hydrogen) atoms. The first kappa shape index (κ1) is 17.6. The molecule has 0 atom stereocenters. The van der Waals surface area contributed by atoms with Crippen LogP contribution in [0.1, 0.15) is 20.6 Å². The average Bonchev–Trinajstić information content (AvgIpc) is 3.32. The van der Waals surface area contributed by atoms with E-state index in [0.29, 0.717) is 11.1 Å². The van der Waals surface area contributed by atoms with Crippen LogP contribution < -0.4 is 0 Å². The molecule has 0 fully saturated rings. The molecular weight excluding hydrogens is 607 g/mol. The maximum atomic E-state index is 9.62. The number of fused-ring (bicyclic) bond motifs is 2. The lowest BCUT2D eigenvalue weighted by Gasteiger charge is -2.12. The van der Waals surface area contributed by atoms with Gasteiger partial charge in [-0.25, -0.2) is 15.0 Å². The SMILES string of the molecule is [2H]c1c([2H])c([2H])c(-c2c([2H])c([2H])c3c([2H])c(-c4c([2H])c([2H])c([2H])c(-c5nc(-c6cccc(-c7ccccc7)c6)nc(-c6cccc7ccccc67)n5)c4[2H])c([2H])c([2H])c3c2[2H])c([2H])c1[2H]. The Hall–Kier alpha value is -6.71. The first-order chi connectivity index (χ1) is 31.0. The first-order valence-corrected chi connectivity index (χ1v) is 15.6. The van der Waals surface area contributed by atoms with Crippen LogP contribution in [0.25, 0.3) is 89.1 Å². The molecule has 1 aromatic heterocycles. The summed E-state index contributed by atoms with van der Waals surface area (Å²) in [6, 6.07) is 19.1. The Morgan fingerprint density at radius 1 is 0.340 bits per heavy atom. The molecule has 0 unspecified atom stereocenters. The zero-order chi connectivity index (χ0) is 46.3. The molecule has 0 amide bonds. The largest absolute Gasteiger partial charge is 0.208 e. The summed E-state index contributed by atoms with van der Waals surface area (Å²) in [4.78, 5) is 14.5. The fraction of sp³-hybridized carbons (Fsp3) is 0. The zero-order valence-electron chi connectivity index (χ0n) is 41.1. The van der Waals surface area contributed by atoms with Gasteiger partial charge in [0.15, 0.2) is 17.5 Å². The van der Waals surface area contributed by atoms with Gasteiger partial charge in [-0.05, 0) is 79.1 Å². The van der Waals surface area contributed by atoms with Crippen molar-refractivity contribution in [2.75, 3.05) is 0 Å². The second kappa shape index (κ2) is 12.7. The van der Waals surface area contributed by atoms with Crippen LogP contribution in [-0.2, 0) is 0 Å². The van der Waals surface area contributed by atoms with Gasteiger partial charge in [0.2, 0.25) is 0 Å². The lowest BCUT2D eigenvalue weighted by Crippen LogP contribution is -2.01. The van der Waals surface area contributed by atoms with Crippen LogP contribution in [0.3, 0.4) is 0 Å². The second-order valence-corrected chi connectivity index (χ2v) is 11.3. The Balaban J connectivity index is 1.32. The van der Waals surface area contributed by atoms with Crippen molar-refractivity contribution in [3.63, 3.8) is 0 Å². The predicted molar refractivity (Wildman–Crippen MR) is 207 cm³/mol. The van der Waals surface area contributed by atoms with E-state index in [1.165, 1.54) is 0 Å². The highest BCUT2D eigenvalue weighted by atomic mass is 15.0. The number of hydrogen-bond acceptors (Lipinski definition) is 3. The highest BCUT2D eigenvalue weighted by molar-refractivity contribution is 5.95. The van der Waals surface area contributed by atoms with Crippen LogP contribution in [-0.4, -0.2) is 15.0 Å². The maximum absolute atomic E-state index is 9.62. The summed E-state index contributed by atoms with van der Waals surface area (Å²) in [5.74, 6) is 0.0813. The van der Waals surface area contributed by atoms with Crippen molar-refractivity contribution in [1.29, 1.82) is 0 Å². The molecule has 0 radical (unpaired) electrons. The molecule has 8 aromatic carbocycles. The number of benzene rings is 8. The van der Waals surface area contributed by atoms with Gasteiger partial charge in [-0.1, -0.05) is 164 Å². The van der Waals surface area contributed by atoms with E-state index >= 15 is 0 Å². The molecule has 1 heterocycles. The van der Waals surface area contributed by atoms with Gasteiger partial charge >= 0.3 is 0 Å². The number of aromatic nitrogens is 3. The van der Waals surface area contributed by atoms with Crippen LogP contribution in [0.4, 0.5) is 0 Å². The minimum atomic E-state index is -0.798. The Labute approximate surface area is 312 Å². The van der Waals surface area contributed by atoms with Gasteiger partial charge in [0.05, 0.1) is 20.6 Å². The molecule has 9 aromatic rings. The summed E-state index contributed by atoms with van der Waals surface area (Å²) in [5, 5.41) is 0.656. The zero-order valence-corrected chi connectivity index (χ0v) is 26.1. The highest BCUT2D eigenvalue weighted by Crippen LogP contribution is 2.33. The van der Waals surface area contributed by atoms with Crippen LogP contribution >= 0.6 is 0 Å². The smallest absolute Gasteiger partial charge is 0.164 e. The van der Waals surface area contributed by atoms with Crippen molar-refractivity contribution in [1.82, 2.24) is 15.0 Å². The molecule has 3 nitrogen and oxygen atoms in total. The molecule has 234 valence electrons. The topological polar surface area (TPSA) is 38.7 Å². The summed E-state index contributed by atoms with van der Waals surface area (Å²) in [6.45, 7) is 0. The molecule has 9 rings (SSSR count). The summed E-state index contributed by atoms with van der Waals surface area (Å²) in [5.41, 5.74) is 0.343. The van der Waals surface area contributed by atoms with Crippen molar-refractivity contribution in [3.05, 3.63) is 188 Å². The Kier molecular flexibility index (Phi) is 4.48. The minimum Gasteiger partial charge on any atom is -0.208 e. The molecule has 0 N–H and O–H groups in total. The molecule has 0 aliphatic rings. The first-order valence-electron chi connectivity index (χ1n) is 23.1. The number of hydrogen-bond donors (Lipinski definition) is 0. The van der Waals surface area contributed by atoms with Crippen LogP contribution in [0.5, 0.6) is 0 Å². The van der Waals surface area contributed by atoms with Gasteiger partial charge in [0.1, 0.15) is 0 Å². The summed E-state index contributed by atoms with van der Waals surface area (Å²) < 4.78 is 133. The standard InChI is InChI=1S/C47H31N3/c1-3-12-32(13-4-1)35-18-9-20-41(30-35)45-48-46(50-47(49-45)44-23-11-17-34-16-7-8-22-43(34)44)42-21-10-19-36(31-42)38-26-27-39-28-37(24-25-40(39)29-38)33-14-5-2-6-15-33/h1-31H/i2D,5D,6D,10D,14D,15D,19D,21D,24D,25D,26D,27D,28D,29D,31D. The lowest BCUT2D eigenvalue weighted by molar-refractivity contribution is 1.08. The van der Waals surface area contributed by atoms with Gasteiger partial charge in [0.25, 0.3) is 0 Å². The predicted octanol–water partition coefficient (Wildman–Crippen LogP) is 12.2. The van der Waals surface area contributed by atoms with Crippen molar-refractivity contribution in [2.45, 2.75) is 0 Å². The summed E-state index contributed by atoms with van der Waals surface area (Å²) in [6.07, 6.45) is 0. The van der Waals surface area contributed by atoms with Crippen LogP contribution in [0.2, 0.25) is 0 Å². The third-order valence-corrected chi connectivity index (χ3v) is 8.12. The van der Waals surface area contributed by atoms with E-state index < -0.39 is 124 Å². The molecule has 0 bridgehead atoms. The monoisotopic (exact) mass is 652 g/mol. The van der Waals surface area contributed by atoms with Gasteiger partial charge in [-0.15, -0.1) is 0 Å². The fourth-order valence-electron chi connectivity index (χ4n) is 5.71. The van der Waals surface area contributed by atoms with Gasteiger partial charge < -0.3 is 0 Å². The summed E-state index contributed by atoms with van der Waals surface area (Å²) >= 11 is 0.